The van der Waals surface area contributed by atoms with Gasteiger partial charge < -0.3 is 0 Å². The van der Waals surface area contributed by atoms with Crippen molar-refractivity contribution in [2.75, 3.05) is 0 Å². The van der Waals surface area contributed by atoms with Crippen molar-refractivity contribution in [1.82, 2.24) is 0 Å². The Morgan fingerprint density at radius 3 is 2.41 bits per heavy atom. The van der Waals surface area contributed by atoms with Crippen molar-refractivity contribution in [2.24, 2.45) is 0 Å². The maximum absolute atomic E-state index is 13.2. The van der Waals surface area contributed by atoms with Crippen LogP contribution in [-0.4, -0.2) is 0 Å². The molecule has 0 bridgehead atoms. The van der Waals surface area contributed by atoms with E-state index in [4.69, 9.17) is 5.26 Å². The first-order valence-electron chi connectivity index (χ1n) is 4.81. The molecule has 0 heterocycles. The average Bonchev–Trinajstić information content (AvgIpc) is 2.28. The molecule has 2 rings (SSSR count). The smallest absolute Gasteiger partial charge is 0.125 e. The van der Waals surface area contributed by atoms with Gasteiger partial charge in [0, 0.05) is 9.79 Å². The van der Waals surface area contributed by atoms with Crippen LogP contribution in [0.1, 0.15) is 5.56 Å². The van der Waals surface area contributed by atoms with E-state index in [2.05, 4.69) is 0 Å². The SMILES string of the molecule is N#Cc1cc(F)cc(Sc2cccc(F)c2)c1. The summed E-state index contributed by atoms with van der Waals surface area (Å²) in [6.45, 7) is 0. The van der Waals surface area contributed by atoms with E-state index in [1.54, 1.807) is 18.2 Å². The molecule has 0 radical (unpaired) electrons. The molecule has 17 heavy (non-hydrogen) atoms. The summed E-state index contributed by atoms with van der Waals surface area (Å²) >= 11 is 1.21. The molecule has 84 valence electrons. The second-order valence-corrected chi connectivity index (χ2v) is 4.49. The van der Waals surface area contributed by atoms with Gasteiger partial charge in [0.2, 0.25) is 0 Å². The summed E-state index contributed by atoms with van der Waals surface area (Å²) in [5, 5.41) is 8.71. The Morgan fingerprint density at radius 1 is 0.941 bits per heavy atom. The van der Waals surface area contributed by atoms with Gasteiger partial charge in [-0.05, 0) is 36.4 Å². The third-order valence-electron chi connectivity index (χ3n) is 2.03. The van der Waals surface area contributed by atoms with E-state index in [1.807, 2.05) is 6.07 Å². The summed E-state index contributed by atoms with van der Waals surface area (Å²) in [6.07, 6.45) is 0. The normalized spacial score (nSPS) is 9.94. The molecule has 0 aliphatic rings. The zero-order valence-corrected chi connectivity index (χ0v) is 9.47. The average molecular weight is 247 g/mol. The molecule has 0 atom stereocenters. The largest absolute Gasteiger partial charge is 0.207 e. The van der Waals surface area contributed by atoms with Gasteiger partial charge in [-0.2, -0.15) is 5.26 Å². The molecule has 4 heteroatoms. The summed E-state index contributed by atoms with van der Waals surface area (Å²) in [5.74, 6) is -0.810. The fourth-order valence-electron chi connectivity index (χ4n) is 1.35. The number of halogens is 2. The van der Waals surface area contributed by atoms with E-state index in [0.717, 1.165) is 6.07 Å². The number of rotatable bonds is 2. The quantitative estimate of drug-likeness (QED) is 0.801. The van der Waals surface area contributed by atoms with Gasteiger partial charge in [-0.3, -0.25) is 0 Å². The van der Waals surface area contributed by atoms with E-state index in [0.29, 0.717) is 9.79 Å². The Hall–Kier alpha value is -1.86. The van der Waals surface area contributed by atoms with Crippen molar-refractivity contribution in [3.63, 3.8) is 0 Å². The van der Waals surface area contributed by atoms with Crippen LogP contribution in [-0.2, 0) is 0 Å². The fraction of sp³-hybridized carbons (Fsp3) is 0. The summed E-state index contributed by atoms with van der Waals surface area (Å²) in [5.41, 5.74) is 0.254. The van der Waals surface area contributed by atoms with Gasteiger partial charge >= 0.3 is 0 Å². The standard InChI is InChI=1S/C13H7F2NS/c14-10-2-1-3-12(6-10)17-13-5-9(8-16)4-11(15)7-13/h1-7H. The van der Waals surface area contributed by atoms with Gasteiger partial charge in [0.1, 0.15) is 11.6 Å². The summed E-state index contributed by atoms with van der Waals surface area (Å²) in [7, 11) is 0. The molecule has 0 amide bonds. The molecule has 0 spiro atoms. The number of hydrogen-bond donors (Lipinski definition) is 0. The van der Waals surface area contributed by atoms with Gasteiger partial charge in [-0.1, -0.05) is 17.8 Å². The molecule has 0 N–H and O–H groups in total. The number of hydrogen-bond acceptors (Lipinski definition) is 2. The lowest BCUT2D eigenvalue weighted by Gasteiger charge is -2.02. The molecule has 0 aliphatic heterocycles. The van der Waals surface area contributed by atoms with Crippen molar-refractivity contribution in [1.29, 1.82) is 5.26 Å². The predicted molar refractivity (Wildman–Crippen MR) is 61.6 cm³/mol. The minimum atomic E-state index is -0.469. The lowest BCUT2D eigenvalue weighted by molar-refractivity contribution is 0.623. The first kappa shape index (κ1) is 11.6. The Morgan fingerprint density at radius 2 is 1.71 bits per heavy atom. The van der Waals surface area contributed by atoms with Gasteiger partial charge in [0.25, 0.3) is 0 Å². The van der Waals surface area contributed by atoms with Crippen molar-refractivity contribution >= 4 is 11.8 Å². The first-order chi connectivity index (χ1) is 8.17. The maximum Gasteiger partial charge on any atom is 0.125 e. The molecular weight excluding hydrogens is 240 g/mol. The molecule has 0 unspecified atom stereocenters. The van der Waals surface area contributed by atoms with E-state index >= 15 is 0 Å². The van der Waals surface area contributed by atoms with Crippen LogP contribution in [0.25, 0.3) is 0 Å². The van der Waals surface area contributed by atoms with Crippen LogP contribution in [0, 0.1) is 23.0 Å². The summed E-state index contributed by atoms with van der Waals surface area (Å²) < 4.78 is 26.1. The lowest BCUT2D eigenvalue weighted by atomic mass is 10.2. The van der Waals surface area contributed by atoms with E-state index in [1.165, 1.54) is 30.0 Å². The van der Waals surface area contributed by atoms with Gasteiger partial charge in [-0.25, -0.2) is 8.78 Å². The highest BCUT2D eigenvalue weighted by molar-refractivity contribution is 7.99. The molecular formula is C13H7F2NS. The van der Waals surface area contributed by atoms with Crippen molar-refractivity contribution in [3.05, 3.63) is 59.7 Å². The summed E-state index contributed by atoms with van der Waals surface area (Å²) in [4.78, 5) is 1.24. The molecule has 1 nitrogen and oxygen atoms in total. The van der Waals surface area contributed by atoms with E-state index < -0.39 is 5.82 Å². The maximum atomic E-state index is 13.2. The van der Waals surface area contributed by atoms with Gasteiger partial charge in [-0.15, -0.1) is 0 Å². The molecule has 0 aromatic heterocycles. The Bertz CT molecular complexity index is 590. The number of nitrogens with zero attached hydrogens (tertiary/aromatic N) is 1. The summed E-state index contributed by atoms with van der Waals surface area (Å²) in [6, 6.07) is 11.9. The second-order valence-electron chi connectivity index (χ2n) is 3.35. The molecule has 2 aromatic carbocycles. The number of nitriles is 1. The molecule has 0 fully saturated rings. The Kier molecular flexibility index (Phi) is 3.40. The van der Waals surface area contributed by atoms with Crippen molar-refractivity contribution in [3.8, 4) is 6.07 Å². The van der Waals surface area contributed by atoms with E-state index in [-0.39, 0.29) is 11.4 Å². The molecule has 0 saturated carbocycles. The zero-order valence-electron chi connectivity index (χ0n) is 8.65. The minimum Gasteiger partial charge on any atom is -0.207 e. The third-order valence-corrected chi connectivity index (χ3v) is 2.99. The Labute approximate surface area is 102 Å². The molecule has 0 saturated heterocycles. The van der Waals surface area contributed by atoms with E-state index in [9.17, 15) is 8.78 Å². The Balaban J connectivity index is 2.30. The van der Waals surface area contributed by atoms with Crippen molar-refractivity contribution < 1.29 is 8.78 Å². The van der Waals surface area contributed by atoms with Crippen LogP contribution >= 0.6 is 11.8 Å². The molecule has 2 aromatic rings. The fourth-order valence-corrected chi connectivity index (χ4v) is 2.30. The van der Waals surface area contributed by atoms with Crippen LogP contribution in [0.15, 0.2) is 52.3 Å². The van der Waals surface area contributed by atoms with Crippen LogP contribution in [0.3, 0.4) is 0 Å². The second kappa shape index (κ2) is 4.98. The highest BCUT2D eigenvalue weighted by atomic mass is 32.2. The van der Waals surface area contributed by atoms with Crippen LogP contribution in [0.5, 0.6) is 0 Å². The monoisotopic (exact) mass is 247 g/mol. The number of benzene rings is 2. The van der Waals surface area contributed by atoms with Crippen LogP contribution < -0.4 is 0 Å². The van der Waals surface area contributed by atoms with Gasteiger partial charge in [0.05, 0.1) is 11.6 Å². The highest BCUT2D eigenvalue weighted by Crippen LogP contribution is 2.29. The zero-order chi connectivity index (χ0) is 12.3. The first-order valence-corrected chi connectivity index (χ1v) is 5.63. The lowest BCUT2D eigenvalue weighted by Crippen LogP contribution is -1.82. The van der Waals surface area contributed by atoms with Crippen molar-refractivity contribution in [2.45, 2.75) is 9.79 Å². The van der Waals surface area contributed by atoms with Crippen LogP contribution in [0.2, 0.25) is 0 Å². The minimum absolute atomic E-state index is 0.254. The molecule has 0 aliphatic carbocycles. The van der Waals surface area contributed by atoms with Gasteiger partial charge in [0.15, 0.2) is 0 Å². The highest BCUT2D eigenvalue weighted by Gasteiger charge is 2.03. The predicted octanol–water partition coefficient (Wildman–Crippen LogP) is 3.99. The van der Waals surface area contributed by atoms with Crippen LogP contribution in [0.4, 0.5) is 8.78 Å². The topological polar surface area (TPSA) is 23.8 Å². The third kappa shape index (κ3) is 3.05.